The highest BCUT2D eigenvalue weighted by Crippen LogP contribution is 2.24. The molecule has 1 aliphatic carbocycles. The number of carbonyl (C=O) groups excluding carboxylic acids is 1. The molecule has 1 aromatic carbocycles. The summed E-state index contributed by atoms with van der Waals surface area (Å²) in [5.41, 5.74) is 8.49. The molecule has 0 aromatic heterocycles. The van der Waals surface area contributed by atoms with E-state index in [0.717, 1.165) is 36.9 Å². The second-order valence-corrected chi connectivity index (χ2v) is 5.31. The van der Waals surface area contributed by atoms with Gasteiger partial charge in [-0.1, -0.05) is 11.6 Å². The molecule has 2 rings (SSSR count). The van der Waals surface area contributed by atoms with E-state index in [1.165, 1.54) is 7.11 Å². The standard InChI is InChI=1S/C15H22N2O2/c1-10-6-7-14(13(8-10)15(18)19-2)17-12-5-3-4-11(16)9-12/h6-8,11-12,17H,3-5,9,16H2,1-2H3. The summed E-state index contributed by atoms with van der Waals surface area (Å²) in [7, 11) is 1.41. The first-order valence-corrected chi connectivity index (χ1v) is 6.81. The maximum atomic E-state index is 11.8. The number of ether oxygens (including phenoxy) is 1. The van der Waals surface area contributed by atoms with Crippen molar-refractivity contribution < 1.29 is 9.53 Å². The van der Waals surface area contributed by atoms with Crippen LogP contribution in [0.2, 0.25) is 0 Å². The number of esters is 1. The summed E-state index contributed by atoms with van der Waals surface area (Å²) in [6.45, 7) is 1.97. The first-order chi connectivity index (χ1) is 9.10. The van der Waals surface area contributed by atoms with E-state index in [2.05, 4.69) is 5.32 Å². The molecule has 0 amide bonds. The zero-order valence-electron chi connectivity index (χ0n) is 11.6. The third kappa shape index (κ3) is 3.47. The Morgan fingerprint density at radius 2 is 2.21 bits per heavy atom. The molecule has 1 saturated carbocycles. The molecule has 0 heterocycles. The molecule has 0 radical (unpaired) electrons. The van der Waals surface area contributed by atoms with Crippen LogP contribution in [0.4, 0.5) is 5.69 Å². The number of anilines is 1. The van der Waals surface area contributed by atoms with E-state index >= 15 is 0 Å². The Morgan fingerprint density at radius 1 is 1.42 bits per heavy atom. The zero-order valence-corrected chi connectivity index (χ0v) is 11.6. The average molecular weight is 262 g/mol. The molecule has 2 unspecified atom stereocenters. The van der Waals surface area contributed by atoms with Crippen LogP contribution < -0.4 is 11.1 Å². The molecule has 4 heteroatoms. The summed E-state index contributed by atoms with van der Waals surface area (Å²) < 4.78 is 4.84. The summed E-state index contributed by atoms with van der Waals surface area (Å²) in [6, 6.07) is 6.41. The van der Waals surface area contributed by atoms with Crippen molar-refractivity contribution in [2.45, 2.75) is 44.7 Å². The van der Waals surface area contributed by atoms with E-state index in [0.29, 0.717) is 11.6 Å². The molecular formula is C15H22N2O2. The van der Waals surface area contributed by atoms with Gasteiger partial charge in [0.25, 0.3) is 0 Å². The van der Waals surface area contributed by atoms with Crippen molar-refractivity contribution in [3.8, 4) is 0 Å². The molecule has 3 N–H and O–H groups in total. The number of carbonyl (C=O) groups is 1. The largest absolute Gasteiger partial charge is 0.465 e. The van der Waals surface area contributed by atoms with E-state index < -0.39 is 0 Å². The number of methoxy groups -OCH3 is 1. The molecular weight excluding hydrogens is 240 g/mol. The fraction of sp³-hybridized carbons (Fsp3) is 0.533. The second kappa shape index (κ2) is 6.06. The summed E-state index contributed by atoms with van der Waals surface area (Å²) >= 11 is 0. The van der Waals surface area contributed by atoms with Gasteiger partial charge in [-0.2, -0.15) is 0 Å². The van der Waals surface area contributed by atoms with Gasteiger partial charge in [0, 0.05) is 17.8 Å². The molecule has 0 spiro atoms. The van der Waals surface area contributed by atoms with Crippen molar-refractivity contribution in [3.05, 3.63) is 29.3 Å². The summed E-state index contributed by atoms with van der Waals surface area (Å²) in [5.74, 6) is -0.300. The van der Waals surface area contributed by atoms with Gasteiger partial charge in [-0.3, -0.25) is 0 Å². The first-order valence-electron chi connectivity index (χ1n) is 6.81. The van der Waals surface area contributed by atoms with Crippen molar-refractivity contribution in [3.63, 3.8) is 0 Å². The number of hydrogen-bond donors (Lipinski definition) is 2. The van der Waals surface area contributed by atoms with Crippen molar-refractivity contribution in [2.75, 3.05) is 12.4 Å². The smallest absolute Gasteiger partial charge is 0.339 e. The Labute approximate surface area is 114 Å². The van der Waals surface area contributed by atoms with Crippen LogP contribution >= 0.6 is 0 Å². The Kier molecular flexibility index (Phi) is 4.43. The predicted octanol–water partition coefficient (Wildman–Crippen LogP) is 2.46. The Bertz CT molecular complexity index is 459. The minimum atomic E-state index is -0.300. The van der Waals surface area contributed by atoms with Gasteiger partial charge in [-0.15, -0.1) is 0 Å². The number of benzene rings is 1. The lowest BCUT2D eigenvalue weighted by atomic mass is 9.91. The minimum Gasteiger partial charge on any atom is -0.465 e. The highest BCUT2D eigenvalue weighted by atomic mass is 16.5. The molecule has 19 heavy (non-hydrogen) atoms. The molecule has 0 bridgehead atoms. The number of rotatable bonds is 3. The van der Waals surface area contributed by atoms with Crippen molar-refractivity contribution >= 4 is 11.7 Å². The van der Waals surface area contributed by atoms with Gasteiger partial charge in [0.1, 0.15) is 0 Å². The number of nitrogens with one attached hydrogen (secondary N) is 1. The van der Waals surface area contributed by atoms with Gasteiger partial charge in [-0.05, 0) is 44.7 Å². The van der Waals surface area contributed by atoms with E-state index in [1.54, 1.807) is 0 Å². The summed E-state index contributed by atoms with van der Waals surface area (Å²) in [6.07, 6.45) is 4.28. The second-order valence-electron chi connectivity index (χ2n) is 5.31. The lowest BCUT2D eigenvalue weighted by molar-refractivity contribution is 0.0601. The van der Waals surface area contributed by atoms with Crippen LogP contribution in [0.1, 0.15) is 41.6 Å². The molecule has 2 atom stereocenters. The molecule has 104 valence electrons. The maximum absolute atomic E-state index is 11.8. The van der Waals surface area contributed by atoms with Crippen LogP contribution in [0.3, 0.4) is 0 Å². The molecule has 0 aliphatic heterocycles. The van der Waals surface area contributed by atoms with Crippen molar-refractivity contribution in [2.24, 2.45) is 5.73 Å². The van der Waals surface area contributed by atoms with Crippen molar-refractivity contribution in [1.82, 2.24) is 0 Å². The third-order valence-electron chi connectivity index (χ3n) is 3.65. The van der Waals surface area contributed by atoms with Gasteiger partial charge in [0.15, 0.2) is 0 Å². The van der Waals surface area contributed by atoms with Gasteiger partial charge in [0.2, 0.25) is 0 Å². The Balaban J connectivity index is 2.17. The maximum Gasteiger partial charge on any atom is 0.339 e. The lowest BCUT2D eigenvalue weighted by Crippen LogP contribution is -2.35. The Morgan fingerprint density at radius 3 is 2.89 bits per heavy atom. The Hall–Kier alpha value is -1.55. The van der Waals surface area contributed by atoms with E-state index in [-0.39, 0.29) is 12.0 Å². The predicted molar refractivity (Wildman–Crippen MR) is 76.4 cm³/mol. The van der Waals surface area contributed by atoms with Gasteiger partial charge in [-0.25, -0.2) is 4.79 Å². The van der Waals surface area contributed by atoms with Crippen LogP contribution in [0.25, 0.3) is 0 Å². The zero-order chi connectivity index (χ0) is 13.8. The van der Waals surface area contributed by atoms with E-state index in [4.69, 9.17) is 10.5 Å². The fourth-order valence-electron chi connectivity index (χ4n) is 2.64. The van der Waals surface area contributed by atoms with Crippen LogP contribution in [0, 0.1) is 6.92 Å². The number of aryl methyl sites for hydroxylation is 1. The SMILES string of the molecule is COC(=O)c1cc(C)ccc1NC1CCCC(N)C1. The highest BCUT2D eigenvalue weighted by Gasteiger charge is 2.21. The monoisotopic (exact) mass is 262 g/mol. The number of hydrogen-bond acceptors (Lipinski definition) is 4. The van der Waals surface area contributed by atoms with Crippen LogP contribution in [0.15, 0.2) is 18.2 Å². The molecule has 1 aliphatic rings. The minimum absolute atomic E-state index is 0.262. The highest BCUT2D eigenvalue weighted by molar-refractivity contribution is 5.95. The molecule has 1 aromatic rings. The average Bonchev–Trinajstić information content (AvgIpc) is 2.40. The summed E-state index contributed by atoms with van der Waals surface area (Å²) in [4.78, 5) is 11.8. The van der Waals surface area contributed by atoms with E-state index in [9.17, 15) is 4.79 Å². The quantitative estimate of drug-likeness (QED) is 0.821. The molecule has 1 fully saturated rings. The number of nitrogens with two attached hydrogens (primary N) is 1. The normalized spacial score (nSPS) is 22.9. The summed E-state index contributed by atoms with van der Waals surface area (Å²) in [5, 5.41) is 3.44. The molecule has 4 nitrogen and oxygen atoms in total. The topological polar surface area (TPSA) is 64.3 Å². The van der Waals surface area contributed by atoms with Gasteiger partial charge in [0.05, 0.1) is 12.7 Å². The lowest BCUT2D eigenvalue weighted by Gasteiger charge is -2.28. The van der Waals surface area contributed by atoms with Gasteiger partial charge >= 0.3 is 5.97 Å². The van der Waals surface area contributed by atoms with Crippen LogP contribution in [-0.4, -0.2) is 25.2 Å². The van der Waals surface area contributed by atoms with Crippen molar-refractivity contribution in [1.29, 1.82) is 0 Å². The molecule has 0 saturated heterocycles. The van der Waals surface area contributed by atoms with Crippen LogP contribution in [-0.2, 0) is 4.74 Å². The first kappa shape index (κ1) is 13.9. The van der Waals surface area contributed by atoms with Gasteiger partial charge < -0.3 is 15.8 Å². The van der Waals surface area contributed by atoms with Crippen LogP contribution in [0.5, 0.6) is 0 Å². The third-order valence-corrected chi connectivity index (χ3v) is 3.65. The fourth-order valence-corrected chi connectivity index (χ4v) is 2.64. The van der Waals surface area contributed by atoms with E-state index in [1.807, 2.05) is 25.1 Å².